The molecule has 1 fully saturated rings. The van der Waals surface area contributed by atoms with E-state index in [2.05, 4.69) is 4.98 Å². The number of carbonyl (C=O) groups excluding carboxylic acids is 1. The number of benzene rings is 1. The van der Waals surface area contributed by atoms with E-state index in [0.29, 0.717) is 32.4 Å². The van der Waals surface area contributed by atoms with Crippen LogP contribution >= 0.6 is 0 Å². The van der Waals surface area contributed by atoms with Crippen molar-refractivity contribution in [2.75, 3.05) is 13.1 Å². The standard InChI is InChI=1S/C17H20N2O3/c1-17(16(21)22)8-9-19(11-17)15(20)7-6-12-10-18-14-5-3-2-4-13(12)14/h2-5,10,18H,6-9,11H2,1H3,(H,21,22)/t17-/m1/s1. The van der Waals surface area contributed by atoms with Crippen LogP contribution in [0.1, 0.15) is 25.3 Å². The Hall–Kier alpha value is -2.30. The summed E-state index contributed by atoms with van der Waals surface area (Å²) in [5.74, 6) is -0.783. The Morgan fingerprint density at radius 1 is 1.36 bits per heavy atom. The number of likely N-dealkylation sites (tertiary alicyclic amines) is 1. The number of hydrogen-bond acceptors (Lipinski definition) is 2. The van der Waals surface area contributed by atoms with Crippen molar-refractivity contribution in [2.45, 2.75) is 26.2 Å². The normalized spacial score (nSPS) is 21.4. The number of rotatable bonds is 4. The molecule has 0 radical (unpaired) electrons. The molecule has 1 saturated heterocycles. The van der Waals surface area contributed by atoms with Crippen molar-refractivity contribution < 1.29 is 14.7 Å². The number of aliphatic carboxylic acids is 1. The SMILES string of the molecule is C[C@@]1(C(=O)O)CCN(C(=O)CCc2c[nH]c3ccccc23)C1. The van der Waals surface area contributed by atoms with Crippen molar-refractivity contribution in [3.05, 3.63) is 36.0 Å². The molecule has 0 spiro atoms. The van der Waals surface area contributed by atoms with Gasteiger partial charge in [0.15, 0.2) is 0 Å². The lowest BCUT2D eigenvalue weighted by Gasteiger charge is -2.20. The van der Waals surface area contributed by atoms with E-state index < -0.39 is 11.4 Å². The molecule has 1 amide bonds. The quantitative estimate of drug-likeness (QED) is 0.910. The molecule has 1 aliphatic rings. The van der Waals surface area contributed by atoms with Crippen LogP contribution in [0.4, 0.5) is 0 Å². The van der Waals surface area contributed by atoms with E-state index in [9.17, 15) is 14.7 Å². The molecule has 2 N–H and O–H groups in total. The molecule has 2 aromatic rings. The van der Waals surface area contributed by atoms with Crippen molar-refractivity contribution in [3.63, 3.8) is 0 Å². The van der Waals surface area contributed by atoms with Gasteiger partial charge in [-0.25, -0.2) is 0 Å². The summed E-state index contributed by atoms with van der Waals surface area (Å²) in [5, 5.41) is 10.4. The number of carboxylic acid groups (broad SMARTS) is 1. The smallest absolute Gasteiger partial charge is 0.311 e. The fraction of sp³-hybridized carbons (Fsp3) is 0.412. The molecule has 22 heavy (non-hydrogen) atoms. The highest BCUT2D eigenvalue weighted by Crippen LogP contribution is 2.30. The van der Waals surface area contributed by atoms with Crippen molar-refractivity contribution in [3.8, 4) is 0 Å². The fourth-order valence-corrected chi connectivity index (χ4v) is 3.09. The molecule has 0 unspecified atom stereocenters. The van der Waals surface area contributed by atoms with Crippen molar-refractivity contribution in [1.82, 2.24) is 9.88 Å². The Bertz CT molecular complexity index is 722. The van der Waals surface area contributed by atoms with Crippen LogP contribution in [-0.2, 0) is 16.0 Å². The summed E-state index contributed by atoms with van der Waals surface area (Å²) in [4.78, 5) is 28.4. The van der Waals surface area contributed by atoms with Crippen LogP contribution in [0.15, 0.2) is 30.5 Å². The van der Waals surface area contributed by atoms with Crippen LogP contribution in [0.25, 0.3) is 10.9 Å². The highest BCUT2D eigenvalue weighted by atomic mass is 16.4. The summed E-state index contributed by atoms with van der Waals surface area (Å²) in [6.45, 7) is 2.56. The number of hydrogen-bond donors (Lipinski definition) is 2. The monoisotopic (exact) mass is 300 g/mol. The summed E-state index contributed by atoms with van der Waals surface area (Å²) in [7, 11) is 0. The maximum atomic E-state index is 12.3. The maximum absolute atomic E-state index is 12.3. The van der Waals surface area contributed by atoms with E-state index >= 15 is 0 Å². The van der Waals surface area contributed by atoms with Gasteiger partial charge in [0, 0.05) is 36.6 Å². The Kier molecular flexibility index (Phi) is 3.64. The summed E-state index contributed by atoms with van der Waals surface area (Å²) in [6.07, 6.45) is 3.56. The first-order valence-corrected chi connectivity index (χ1v) is 7.56. The number of para-hydroxylation sites is 1. The number of carboxylic acids is 1. The summed E-state index contributed by atoms with van der Waals surface area (Å²) >= 11 is 0. The van der Waals surface area contributed by atoms with Gasteiger partial charge in [-0.15, -0.1) is 0 Å². The second-order valence-electron chi connectivity index (χ2n) is 6.29. The zero-order chi connectivity index (χ0) is 15.7. The lowest BCUT2D eigenvalue weighted by Crippen LogP contribution is -2.34. The minimum absolute atomic E-state index is 0.0373. The molecule has 0 bridgehead atoms. The second kappa shape index (κ2) is 5.48. The molecule has 2 heterocycles. The molecule has 1 aromatic carbocycles. The molecular formula is C17H20N2O3. The van der Waals surface area contributed by atoms with E-state index in [-0.39, 0.29) is 5.91 Å². The molecule has 5 nitrogen and oxygen atoms in total. The Labute approximate surface area is 128 Å². The highest BCUT2D eigenvalue weighted by molar-refractivity contribution is 5.84. The number of nitrogens with zero attached hydrogens (tertiary/aromatic N) is 1. The number of aromatic amines is 1. The van der Waals surface area contributed by atoms with Crippen LogP contribution in [0.3, 0.4) is 0 Å². The van der Waals surface area contributed by atoms with Crippen LogP contribution < -0.4 is 0 Å². The molecular weight excluding hydrogens is 280 g/mol. The second-order valence-corrected chi connectivity index (χ2v) is 6.29. The first-order chi connectivity index (χ1) is 10.5. The van der Waals surface area contributed by atoms with Crippen LogP contribution in [0.2, 0.25) is 0 Å². The Morgan fingerprint density at radius 2 is 2.14 bits per heavy atom. The maximum Gasteiger partial charge on any atom is 0.311 e. The average Bonchev–Trinajstić information content (AvgIpc) is 3.10. The molecule has 1 atom stereocenters. The highest BCUT2D eigenvalue weighted by Gasteiger charge is 2.41. The molecule has 0 saturated carbocycles. The molecule has 116 valence electrons. The number of aryl methyl sites for hydroxylation is 1. The van der Waals surface area contributed by atoms with E-state index in [4.69, 9.17) is 0 Å². The van der Waals surface area contributed by atoms with Crippen LogP contribution in [0, 0.1) is 5.41 Å². The van der Waals surface area contributed by atoms with Gasteiger partial charge in [0.2, 0.25) is 5.91 Å². The largest absolute Gasteiger partial charge is 0.481 e. The Morgan fingerprint density at radius 3 is 2.86 bits per heavy atom. The van der Waals surface area contributed by atoms with E-state index in [0.717, 1.165) is 16.5 Å². The van der Waals surface area contributed by atoms with Gasteiger partial charge >= 0.3 is 5.97 Å². The molecule has 3 rings (SSSR count). The minimum atomic E-state index is -0.820. The third-order valence-corrected chi connectivity index (χ3v) is 4.63. The van der Waals surface area contributed by atoms with Crippen molar-refractivity contribution in [1.29, 1.82) is 0 Å². The summed E-state index contributed by atoms with van der Waals surface area (Å²) < 4.78 is 0. The van der Waals surface area contributed by atoms with Gasteiger partial charge in [-0.2, -0.15) is 0 Å². The number of fused-ring (bicyclic) bond motifs is 1. The predicted molar refractivity (Wildman–Crippen MR) is 83.6 cm³/mol. The van der Waals surface area contributed by atoms with E-state index in [1.165, 1.54) is 0 Å². The van der Waals surface area contributed by atoms with Gasteiger partial charge in [0.1, 0.15) is 0 Å². The zero-order valence-corrected chi connectivity index (χ0v) is 12.6. The molecule has 1 aliphatic heterocycles. The lowest BCUT2D eigenvalue weighted by atomic mass is 9.90. The average molecular weight is 300 g/mol. The molecule has 1 aromatic heterocycles. The van der Waals surface area contributed by atoms with Crippen molar-refractivity contribution in [2.24, 2.45) is 5.41 Å². The Balaban J connectivity index is 1.63. The van der Waals surface area contributed by atoms with Gasteiger partial charge in [0.25, 0.3) is 0 Å². The van der Waals surface area contributed by atoms with Gasteiger partial charge in [0.05, 0.1) is 5.41 Å². The first-order valence-electron chi connectivity index (χ1n) is 7.56. The van der Waals surface area contributed by atoms with Crippen LogP contribution in [0.5, 0.6) is 0 Å². The van der Waals surface area contributed by atoms with Gasteiger partial charge in [-0.05, 0) is 31.4 Å². The van der Waals surface area contributed by atoms with Gasteiger partial charge in [-0.3, -0.25) is 9.59 Å². The summed E-state index contributed by atoms with van der Waals surface area (Å²) in [5.41, 5.74) is 1.41. The minimum Gasteiger partial charge on any atom is -0.481 e. The van der Waals surface area contributed by atoms with E-state index in [1.54, 1.807) is 11.8 Å². The number of amides is 1. The third kappa shape index (κ3) is 2.58. The topological polar surface area (TPSA) is 73.4 Å². The van der Waals surface area contributed by atoms with Gasteiger partial charge < -0.3 is 15.0 Å². The van der Waals surface area contributed by atoms with Gasteiger partial charge in [-0.1, -0.05) is 18.2 Å². The number of aromatic nitrogens is 1. The summed E-state index contributed by atoms with van der Waals surface area (Å²) in [6, 6.07) is 8.02. The number of carbonyl (C=O) groups is 2. The lowest BCUT2D eigenvalue weighted by molar-refractivity contribution is -0.147. The number of nitrogens with one attached hydrogen (secondary N) is 1. The third-order valence-electron chi connectivity index (χ3n) is 4.63. The van der Waals surface area contributed by atoms with Crippen LogP contribution in [-0.4, -0.2) is 40.0 Å². The first kappa shape index (κ1) is 14.6. The predicted octanol–water partition coefficient (Wildman–Crippen LogP) is 2.42. The number of H-pyrrole nitrogens is 1. The molecule has 5 heteroatoms. The fourth-order valence-electron chi connectivity index (χ4n) is 3.09. The van der Waals surface area contributed by atoms with Crippen molar-refractivity contribution >= 4 is 22.8 Å². The van der Waals surface area contributed by atoms with E-state index in [1.807, 2.05) is 30.5 Å². The molecule has 0 aliphatic carbocycles. The zero-order valence-electron chi connectivity index (χ0n) is 12.6.